The highest BCUT2D eigenvalue weighted by molar-refractivity contribution is 9.13. The van der Waals surface area contributed by atoms with Crippen molar-refractivity contribution < 1.29 is 4.92 Å². The maximum atomic E-state index is 11.6. The van der Waals surface area contributed by atoms with Crippen LogP contribution in [0.15, 0.2) is 15.0 Å². The van der Waals surface area contributed by atoms with Crippen LogP contribution in [0.25, 0.3) is 11.0 Å². The van der Waals surface area contributed by atoms with E-state index >= 15 is 0 Å². The monoisotopic (exact) mass is 495 g/mol. The van der Waals surface area contributed by atoms with Gasteiger partial charge in [-0.25, -0.2) is 4.98 Å². The van der Waals surface area contributed by atoms with E-state index < -0.39 is 0 Å². The first-order valence-corrected chi connectivity index (χ1v) is 9.43. The average molecular weight is 498 g/mol. The molecule has 10 heteroatoms. The lowest BCUT2D eigenvalue weighted by atomic mass is 10.2. The number of nitro benzene ring substituents is 1. The van der Waals surface area contributed by atoms with Crippen molar-refractivity contribution >= 4 is 66.9 Å². The molecule has 0 unspecified atom stereocenters. The number of benzene rings is 1. The van der Waals surface area contributed by atoms with Crippen LogP contribution in [0, 0.1) is 10.1 Å². The molecule has 0 saturated carbocycles. The van der Waals surface area contributed by atoms with Crippen molar-refractivity contribution in [2.75, 3.05) is 24.5 Å². The molecule has 1 saturated heterocycles. The molecule has 0 aliphatic carbocycles. The first-order valence-electron chi connectivity index (χ1n) is 7.84. The Kier molecular flexibility index (Phi) is 6.35. The van der Waals surface area contributed by atoms with Gasteiger partial charge < -0.3 is 14.8 Å². The highest BCUT2D eigenvalue weighted by Crippen LogP contribution is 2.41. The Balaban J connectivity index is 0.00000225. The third kappa shape index (κ3) is 3.51. The number of nitrogens with one attached hydrogen (secondary N) is 1. The number of piperazine rings is 1. The number of nitro groups is 1. The predicted molar refractivity (Wildman–Crippen MR) is 109 cm³/mol. The summed E-state index contributed by atoms with van der Waals surface area (Å²) in [6.45, 7) is 8.85. The number of halogens is 3. The van der Waals surface area contributed by atoms with Gasteiger partial charge in [0.25, 0.3) is 0 Å². The van der Waals surface area contributed by atoms with E-state index in [9.17, 15) is 10.1 Å². The van der Waals surface area contributed by atoms with Crippen molar-refractivity contribution in [2.24, 2.45) is 0 Å². The topological polar surface area (TPSA) is 76.2 Å². The summed E-state index contributed by atoms with van der Waals surface area (Å²) in [4.78, 5) is 18.1. The van der Waals surface area contributed by atoms with Crippen molar-refractivity contribution in [1.82, 2.24) is 14.9 Å². The number of hydrogen-bond donors (Lipinski definition) is 1. The van der Waals surface area contributed by atoms with Crippen LogP contribution in [0.3, 0.4) is 0 Å². The fourth-order valence-electron chi connectivity index (χ4n) is 3.16. The van der Waals surface area contributed by atoms with Gasteiger partial charge in [-0.15, -0.1) is 12.4 Å². The first-order chi connectivity index (χ1) is 11.3. The largest absolute Gasteiger partial charge is 0.337 e. The van der Waals surface area contributed by atoms with Gasteiger partial charge in [-0.1, -0.05) is 0 Å². The van der Waals surface area contributed by atoms with Crippen molar-refractivity contribution in [3.05, 3.63) is 25.1 Å². The number of nitrogens with zero attached hydrogens (tertiary/aromatic N) is 4. The molecule has 0 bridgehead atoms. The van der Waals surface area contributed by atoms with Gasteiger partial charge in [0, 0.05) is 36.2 Å². The average Bonchev–Trinajstić information content (AvgIpc) is 2.86. The maximum Gasteiger partial charge on any atom is 0.312 e. The van der Waals surface area contributed by atoms with E-state index in [2.05, 4.69) is 67.4 Å². The summed E-state index contributed by atoms with van der Waals surface area (Å²) in [5.74, 6) is 0.794. The number of anilines is 1. The molecular weight excluding hydrogens is 477 g/mol. The molecule has 3 rings (SSSR count). The predicted octanol–water partition coefficient (Wildman–Crippen LogP) is 4.27. The minimum atomic E-state index is -0.375. The SMILES string of the molecule is CC(C)n1c(N2CCNC[C@H]2C)nc2c([N+](=O)[O-])c(Br)c(Br)cc21.Cl. The maximum absolute atomic E-state index is 11.6. The van der Waals surface area contributed by atoms with Gasteiger partial charge >= 0.3 is 5.69 Å². The van der Waals surface area contributed by atoms with Crippen LogP contribution < -0.4 is 10.2 Å². The zero-order valence-corrected chi connectivity index (χ0v) is 18.1. The van der Waals surface area contributed by atoms with Crippen molar-refractivity contribution in [3.63, 3.8) is 0 Å². The van der Waals surface area contributed by atoms with Gasteiger partial charge in [-0.3, -0.25) is 10.1 Å². The van der Waals surface area contributed by atoms with Gasteiger partial charge in [-0.2, -0.15) is 0 Å². The van der Waals surface area contributed by atoms with Crippen LogP contribution in [-0.4, -0.2) is 40.2 Å². The summed E-state index contributed by atoms with van der Waals surface area (Å²) < 4.78 is 3.16. The van der Waals surface area contributed by atoms with Gasteiger partial charge in [0.1, 0.15) is 4.47 Å². The molecular formula is C15H20Br2ClN5O2. The Labute approximate surface area is 169 Å². The van der Waals surface area contributed by atoms with Gasteiger partial charge in [0.05, 0.1) is 10.4 Å². The minimum Gasteiger partial charge on any atom is -0.337 e. The van der Waals surface area contributed by atoms with E-state index in [-0.39, 0.29) is 35.1 Å². The summed E-state index contributed by atoms with van der Waals surface area (Å²) in [7, 11) is 0. The Bertz CT molecular complexity index is 811. The molecule has 1 fully saturated rings. The summed E-state index contributed by atoms with van der Waals surface area (Å²) in [6.07, 6.45) is 0. The van der Waals surface area contributed by atoms with Gasteiger partial charge in [-0.05, 0) is 58.7 Å². The second-order valence-corrected chi connectivity index (χ2v) is 7.92. The molecule has 0 radical (unpaired) electrons. The Morgan fingerprint density at radius 2 is 2.12 bits per heavy atom. The van der Waals surface area contributed by atoms with E-state index in [4.69, 9.17) is 4.98 Å². The first kappa shape index (κ1) is 20.4. The van der Waals surface area contributed by atoms with E-state index in [0.29, 0.717) is 14.5 Å². The number of imidazole rings is 1. The summed E-state index contributed by atoms with van der Waals surface area (Å²) >= 11 is 6.74. The summed E-state index contributed by atoms with van der Waals surface area (Å²) in [6, 6.07) is 2.31. The van der Waals surface area contributed by atoms with Crippen LogP contribution in [0.1, 0.15) is 26.8 Å². The fourth-order valence-corrected chi connectivity index (χ4v) is 4.01. The molecule has 1 atom stereocenters. The van der Waals surface area contributed by atoms with Crippen LogP contribution in [-0.2, 0) is 0 Å². The molecule has 7 nitrogen and oxygen atoms in total. The summed E-state index contributed by atoms with van der Waals surface area (Å²) in [5, 5.41) is 15.0. The van der Waals surface area contributed by atoms with Crippen LogP contribution >= 0.6 is 44.3 Å². The number of rotatable bonds is 3. The molecule has 0 amide bonds. The Morgan fingerprint density at radius 3 is 2.68 bits per heavy atom. The van der Waals surface area contributed by atoms with E-state index in [0.717, 1.165) is 31.1 Å². The molecule has 138 valence electrons. The normalized spacial score (nSPS) is 17.8. The van der Waals surface area contributed by atoms with Crippen molar-refractivity contribution in [1.29, 1.82) is 0 Å². The zero-order chi connectivity index (χ0) is 17.6. The molecule has 1 aliphatic heterocycles. The Hall–Kier alpha value is -0.900. The molecule has 2 aromatic rings. The highest BCUT2D eigenvalue weighted by Gasteiger charge is 2.30. The summed E-state index contributed by atoms with van der Waals surface area (Å²) in [5.41, 5.74) is 1.19. The molecule has 1 N–H and O–H groups in total. The standard InChI is InChI=1S/C15H19Br2N5O2.ClH/c1-8(2)21-11-6-10(16)12(17)14(22(23)24)13(11)19-15(21)20-5-4-18-7-9(20)3;/h6,8-9,18H,4-5,7H2,1-3H3;1H/t9-;/m1./s1. The molecule has 0 spiro atoms. The van der Waals surface area contributed by atoms with Crippen molar-refractivity contribution in [3.8, 4) is 0 Å². The molecule has 1 aromatic carbocycles. The van der Waals surface area contributed by atoms with E-state index in [1.807, 2.05) is 6.07 Å². The molecule has 1 aromatic heterocycles. The van der Waals surface area contributed by atoms with Gasteiger partial charge in [0.15, 0.2) is 5.52 Å². The highest BCUT2D eigenvalue weighted by atomic mass is 79.9. The lowest BCUT2D eigenvalue weighted by Gasteiger charge is -2.35. The Morgan fingerprint density at radius 1 is 1.44 bits per heavy atom. The molecule has 25 heavy (non-hydrogen) atoms. The molecule has 2 heterocycles. The van der Waals surface area contributed by atoms with Crippen molar-refractivity contribution in [2.45, 2.75) is 32.9 Å². The van der Waals surface area contributed by atoms with E-state index in [1.165, 1.54) is 0 Å². The zero-order valence-electron chi connectivity index (χ0n) is 14.1. The fraction of sp³-hybridized carbons (Fsp3) is 0.533. The minimum absolute atomic E-state index is 0. The second kappa shape index (κ2) is 7.77. The number of aromatic nitrogens is 2. The van der Waals surface area contributed by atoms with Crippen LogP contribution in [0.4, 0.5) is 11.6 Å². The number of fused-ring (bicyclic) bond motifs is 1. The third-order valence-corrected chi connectivity index (χ3v) is 6.25. The van der Waals surface area contributed by atoms with Crippen LogP contribution in [0.2, 0.25) is 0 Å². The number of hydrogen-bond acceptors (Lipinski definition) is 5. The van der Waals surface area contributed by atoms with Crippen LogP contribution in [0.5, 0.6) is 0 Å². The lowest BCUT2D eigenvalue weighted by Crippen LogP contribution is -2.50. The third-order valence-electron chi connectivity index (χ3n) is 4.29. The molecule has 1 aliphatic rings. The van der Waals surface area contributed by atoms with Gasteiger partial charge in [0.2, 0.25) is 5.95 Å². The quantitative estimate of drug-likeness (QED) is 0.506. The smallest absolute Gasteiger partial charge is 0.312 e. The second-order valence-electron chi connectivity index (χ2n) is 6.27. The van der Waals surface area contributed by atoms with E-state index in [1.54, 1.807) is 0 Å². The lowest BCUT2D eigenvalue weighted by molar-refractivity contribution is -0.384.